The molecule has 1 aromatic heterocycles. The quantitative estimate of drug-likeness (QED) is 0.403. The second-order valence-corrected chi connectivity index (χ2v) is 8.05. The summed E-state index contributed by atoms with van der Waals surface area (Å²) in [5, 5.41) is 0.0568. The molecule has 0 saturated carbocycles. The van der Waals surface area contributed by atoms with Crippen molar-refractivity contribution in [2.45, 2.75) is 24.1 Å². The normalized spacial score (nSPS) is 13.0. The van der Waals surface area contributed by atoms with Crippen molar-refractivity contribution in [1.82, 2.24) is 4.98 Å². The molecular formula is C22H16F3NO2S. The van der Waals surface area contributed by atoms with Gasteiger partial charge in [-0.1, -0.05) is 48.0 Å². The third kappa shape index (κ3) is 4.24. The Hall–Kier alpha value is -2.93. The van der Waals surface area contributed by atoms with Crippen LogP contribution in [0.3, 0.4) is 0 Å². The Morgan fingerprint density at radius 1 is 0.966 bits per heavy atom. The van der Waals surface area contributed by atoms with Gasteiger partial charge >= 0.3 is 6.18 Å². The van der Waals surface area contributed by atoms with Crippen LogP contribution >= 0.6 is 0 Å². The number of nitrogens with zero attached hydrogens (tertiary/aromatic N) is 1. The number of aromatic nitrogens is 1. The molecule has 0 aliphatic rings. The van der Waals surface area contributed by atoms with E-state index in [1.807, 2.05) is 37.3 Å². The highest BCUT2D eigenvalue weighted by Gasteiger charge is 2.30. The standard InChI is InChI=1S/C22H16F3NO2S/c1-14-3-2-4-16(11-14)17-7-10-19-20(12-17)28-21(26-19)29(27)13-15-5-8-18(9-6-15)22(23,24)25/h2-12H,13H2,1H3. The van der Waals surface area contributed by atoms with Crippen LogP contribution in [0.15, 0.2) is 76.4 Å². The summed E-state index contributed by atoms with van der Waals surface area (Å²) in [4.78, 5) is 4.27. The maximum atomic E-state index is 12.7. The van der Waals surface area contributed by atoms with E-state index in [1.165, 1.54) is 12.1 Å². The molecule has 7 heteroatoms. The van der Waals surface area contributed by atoms with Crippen molar-refractivity contribution in [2.24, 2.45) is 0 Å². The van der Waals surface area contributed by atoms with Crippen molar-refractivity contribution in [3.63, 3.8) is 0 Å². The monoisotopic (exact) mass is 415 g/mol. The van der Waals surface area contributed by atoms with Gasteiger partial charge in [-0.3, -0.25) is 0 Å². The summed E-state index contributed by atoms with van der Waals surface area (Å²) in [6.45, 7) is 2.01. The zero-order valence-corrected chi connectivity index (χ0v) is 16.2. The van der Waals surface area contributed by atoms with Gasteiger partial charge in [-0.2, -0.15) is 13.2 Å². The van der Waals surface area contributed by atoms with Crippen LogP contribution in [0.4, 0.5) is 13.2 Å². The fourth-order valence-electron chi connectivity index (χ4n) is 3.01. The van der Waals surface area contributed by atoms with E-state index in [4.69, 9.17) is 4.42 Å². The molecular weight excluding hydrogens is 399 g/mol. The van der Waals surface area contributed by atoms with E-state index >= 15 is 0 Å². The zero-order chi connectivity index (χ0) is 20.6. The summed E-state index contributed by atoms with van der Waals surface area (Å²) in [5.74, 6) is 0.0235. The summed E-state index contributed by atoms with van der Waals surface area (Å²) in [6.07, 6.45) is -4.40. The fraction of sp³-hybridized carbons (Fsp3) is 0.136. The molecule has 1 unspecified atom stereocenters. The Morgan fingerprint density at radius 2 is 1.69 bits per heavy atom. The smallest absolute Gasteiger partial charge is 0.416 e. The van der Waals surface area contributed by atoms with Gasteiger partial charge in [0.2, 0.25) is 0 Å². The molecule has 0 amide bonds. The van der Waals surface area contributed by atoms with Crippen LogP contribution in [-0.4, -0.2) is 9.19 Å². The molecule has 0 bridgehead atoms. The molecule has 3 nitrogen and oxygen atoms in total. The second kappa shape index (κ2) is 7.48. The van der Waals surface area contributed by atoms with E-state index in [-0.39, 0.29) is 11.0 Å². The zero-order valence-electron chi connectivity index (χ0n) is 15.4. The van der Waals surface area contributed by atoms with E-state index in [2.05, 4.69) is 11.1 Å². The highest BCUT2D eigenvalue weighted by Crippen LogP contribution is 2.30. The van der Waals surface area contributed by atoms with Crippen molar-refractivity contribution in [1.29, 1.82) is 0 Å². The minimum absolute atomic E-state index is 0.0235. The van der Waals surface area contributed by atoms with Crippen LogP contribution in [0.5, 0.6) is 0 Å². The van der Waals surface area contributed by atoms with Crippen LogP contribution in [0.1, 0.15) is 16.7 Å². The largest absolute Gasteiger partial charge is 0.430 e. The molecule has 0 fully saturated rings. The molecule has 0 aliphatic carbocycles. The first-order valence-electron chi connectivity index (χ1n) is 8.82. The summed E-state index contributed by atoms with van der Waals surface area (Å²) >= 11 is 0. The van der Waals surface area contributed by atoms with Crippen LogP contribution in [-0.2, 0) is 22.7 Å². The van der Waals surface area contributed by atoms with Gasteiger partial charge in [0.25, 0.3) is 5.22 Å². The van der Waals surface area contributed by atoms with E-state index in [1.54, 1.807) is 6.07 Å². The Bertz CT molecular complexity index is 1200. The van der Waals surface area contributed by atoms with Crippen molar-refractivity contribution >= 4 is 21.9 Å². The van der Waals surface area contributed by atoms with Gasteiger partial charge in [-0.15, -0.1) is 0 Å². The SMILES string of the molecule is Cc1cccc(-c2ccc3nc(S(=O)Cc4ccc(C(F)(F)F)cc4)oc3c2)c1. The lowest BCUT2D eigenvalue weighted by Crippen LogP contribution is -2.05. The topological polar surface area (TPSA) is 43.1 Å². The van der Waals surface area contributed by atoms with Crippen LogP contribution in [0.25, 0.3) is 22.2 Å². The Kier molecular flexibility index (Phi) is 5.00. The minimum atomic E-state index is -4.40. The molecule has 0 N–H and O–H groups in total. The summed E-state index contributed by atoms with van der Waals surface area (Å²) < 4.78 is 56.3. The average molecular weight is 415 g/mol. The van der Waals surface area contributed by atoms with Gasteiger partial charge in [0, 0.05) is 0 Å². The van der Waals surface area contributed by atoms with E-state index < -0.39 is 22.5 Å². The number of fused-ring (bicyclic) bond motifs is 1. The minimum Gasteiger partial charge on any atom is -0.430 e. The molecule has 29 heavy (non-hydrogen) atoms. The maximum Gasteiger partial charge on any atom is 0.416 e. The molecule has 0 aliphatic heterocycles. The first-order valence-corrected chi connectivity index (χ1v) is 10.1. The van der Waals surface area contributed by atoms with Crippen molar-refractivity contribution in [3.8, 4) is 11.1 Å². The lowest BCUT2D eigenvalue weighted by molar-refractivity contribution is -0.137. The predicted octanol–water partition coefficient (Wildman–Crippen LogP) is 6.13. The van der Waals surface area contributed by atoms with E-state index in [9.17, 15) is 17.4 Å². The number of aryl methyl sites for hydroxylation is 1. The third-order valence-corrected chi connectivity index (χ3v) is 5.65. The maximum absolute atomic E-state index is 12.7. The molecule has 0 radical (unpaired) electrons. The van der Waals surface area contributed by atoms with Crippen LogP contribution in [0, 0.1) is 6.92 Å². The molecule has 4 aromatic rings. The van der Waals surface area contributed by atoms with Crippen LogP contribution < -0.4 is 0 Å². The van der Waals surface area contributed by atoms with Gasteiger partial charge in [0.1, 0.15) is 16.3 Å². The van der Waals surface area contributed by atoms with Crippen molar-refractivity contribution < 1.29 is 21.8 Å². The lowest BCUT2D eigenvalue weighted by atomic mass is 10.0. The number of benzene rings is 3. The lowest BCUT2D eigenvalue weighted by Gasteiger charge is -2.06. The first-order chi connectivity index (χ1) is 13.8. The number of oxazole rings is 1. The summed E-state index contributed by atoms with van der Waals surface area (Å²) in [6, 6.07) is 18.2. The Balaban J connectivity index is 1.57. The molecule has 0 saturated heterocycles. The van der Waals surface area contributed by atoms with E-state index in [0.29, 0.717) is 16.7 Å². The Morgan fingerprint density at radius 3 is 2.38 bits per heavy atom. The summed E-state index contributed by atoms with van der Waals surface area (Å²) in [5.41, 5.74) is 4.00. The fourth-order valence-corrected chi connectivity index (χ4v) is 4.01. The van der Waals surface area contributed by atoms with Crippen molar-refractivity contribution in [2.75, 3.05) is 0 Å². The van der Waals surface area contributed by atoms with Gasteiger partial charge in [0.15, 0.2) is 5.58 Å². The number of rotatable bonds is 4. The highest BCUT2D eigenvalue weighted by atomic mass is 32.2. The number of hydrogen-bond donors (Lipinski definition) is 0. The highest BCUT2D eigenvalue weighted by molar-refractivity contribution is 7.84. The summed E-state index contributed by atoms with van der Waals surface area (Å²) in [7, 11) is -1.61. The van der Waals surface area contributed by atoms with Gasteiger partial charge in [-0.25, -0.2) is 9.19 Å². The van der Waals surface area contributed by atoms with Gasteiger partial charge in [-0.05, 0) is 47.9 Å². The molecule has 1 heterocycles. The van der Waals surface area contributed by atoms with E-state index in [0.717, 1.165) is 28.8 Å². The van der Waals surface area contributed by atoms with Gasteiger partial charge in [0.05, 0.1) is 11.3 Å². The molecule has 0 spiro atoms. The van der Waals surface area contributed by atoms with Crippen LogP contribution in [0.2, 0.25) is 0 Å². The average Bonchev–Trinajstić information content (AvgIpc) is 3.11. The number of alkyl halides is 3. The molecule has 1 atom stereocenters. The second-order valence-electron chi connectivity index (χ2n) is 6.72. The van der Waals surface area contributed by atoms with Crippen molar-refractivity contribution in [3.05, 3.63) is 83.4 Å². The van der Waals surface area contributed by atoms with Gasteiger partial charge < -0.3 is 4.42 Å². The number of halogens is 3. The molecule has 3 aromatic carbocycles. The first kappa shape index (κ1) is 19.4. The number of hydrogen-bond acceptors (Lipinski definition) is 3. The molecule has 4 rings (SSSR count). The molecule has 148 valence electrons. The predicted molar refractivity (Wildman–Crippen MR) is 106 cm³/mol. The third-order valence-electron chi connectivity index (χ3n) is 4.49. The Labute approximate surface area is 167 Å².